The van der Waals surface area contributed by atoms with Crippen LogP contribution in [0.3, 0.4) is 0 Å². The van der Waals surface area contributed by atoms with Gasteiger partial charge in [0.15, 0.2) is 5.17 Å². The topological polar surface area (TPSA) is 107 Å². The van der Waals surface area contributed by atoms with Gasteiger partial charge in [-0.1, -0.05) is 6.07 Å². The number of aryl methyl sites for hydroxylation is 1. The number of carbonyl (C=O) groups is 1. The van der Waals surface area contributed by atoms with Crippen molar-refractivity contribution in [1.29, 1.82) is 0 Å². The molecule has 1 fully saturated rings. The van der Waals surface area contributed by atoms with Gasteiger partial charge >= 0.3 is 0 Å². The Morgan fingerprint density at radius 2 is 1.94 bits per heavy atom. The number of rotatable bonds is 5. The minimum absolute atomic E-state index is 0.0320. The number of hydrogen-bond donors (Lipinski definition) is 1. The molecule has 0 unspecified atom stereocenters. The number of nitrogens with zero attached hydrogens (tertiary/aromatic N) is 2. The van der Waals surface area contributed by atoms with Crippen molar-refractivity contribution in [3.8, 4) is 17.1 Å². The van der Waals surface area contributed by atoms with Crippen LogP contribution in [-0.2, 0) is 4.79 Å². The lowest BCUT2D eigenvalue weighted by atomic mass is 10.1. The van der Waals surface area contributed by atoms with Crippen molar-refractivity contribution in [1.82, 2.24) is 5.32 Å². The van der Waals surface area contributed by atoms with E-state index in [0.717, 1.165) is 11.3 Å². The lowest BCUT2D eigenvalue weighted by molar-refractivity contribution is -0.384. The lowest BCUT2D eigenvalue weighted by Crippen LogP contribution is -2.19. The molecule has 9 heteroatoms. The van der Waals surface area contributed by atoms with Crippen molar-refractivity contribution >= 4 is 40.3 Å². The highest BCUT2D eigenvalue weighted by Crippen LogP contribution is 2.34. The maximum absolute atomic E-state index is 12.3. The van der Waals surface area contributed by atoms with Gasteiger partial charge in [0.25, 0.3) is 11.6 Å². The summed E-state index contributed by atoms with van der Waals surface area (Å²) in [6, 6.07) is 15.4. The molecule has 0 saturated carbocycles. The minimum atomic E-state index is -0.439. The molecule has 0 radical (unpaired) electrons. The van der Waals surface area contributed by atoms with Gasteiger partial charge in [-0.05, 0) is 66.7 Å². The van der Waals surface area contributed by atoms with Crippen LogP contribution in [0.1, 0.15) is 11.3 Å². The maximum Gasteiger partial charge on any atom is 0.280 e. The van der Waals surface area contributed by atoms with Crippen LogP contribution in [0.25, 0.3) is 17.4 Å². The Bertz CT molecular complexity index is 1230. The van der Waals surface area contributed by atoms with Crippen molar-refractivity contribution in [2.75, 3.05) is 7.11 Å². The Balaban J connectivity index is 1.56. The molecule has 1 N–H and O–H groups in total. The summed E-state index contributed by atoms with van der Waals surface area (Å²) in [4.78, 5) is 28.1. The summed E-state index contributed by atoms with van der Waals surface area (Å²) in [6.45, 7) is 1.79. The van der Waals surface area contributed by atoms with Crippen molar-refractivity contribution < 1.29 is 18.9 Å². The molecule has 0 bridgehead atoms. The molecule has 1 amide bonds. The van der Waals surface area contributed by atoms with Gasteiger partial charge in [-0.25, -0.2) is 4.99 Å². The third-order valence-corrected chi connectivity index (χ3v) is 5.38. The first-order chi connectivity index (χ1) is 14.9. The van der Waals surface area contributed by atoms with Crippen molar-refractivity contribution in [3.63, 3.8) is 0 Å². The van der Waals surface area contributed by atoms with E-state index in [1.807, 2.05) is 0 Å². The van der Waals surface area contributed by atoms with E-state index in [9.17, 15) is 14.9 Å². The van der Waals surface area contributed by atoms with Crippen LogP contribution in [0.2, 0.25) is 0 Å². The maximum atomic E-state index is 12.3. The molecule has 0 atom stereocenters. The van der Waals surface area contributed by atoms with Crippen molar-refractivity contribution in [2.24, 2.45) is 4.99 Å². The number of furan rings is 1. The smallest absolute Gasteiger partial charge is 0.280 e. The highest BCUT2D eigenvalue weighted by Gasteiger charge is 2.25. The summed E-state index contributed by atoms with van der Waals surface area (Å²) in [6.07, 6.45) is 1.58. The standard InChI is InChI=1S/C22H17N3O5S/c1-13-3-9-17(18(11-13)25(27)28)19-10-8-16(30-19)12-20-21(26)24-22(31-20)23-14-4-6-15(29-2)7-5-14/h3-12H,1-2H3,(H,23,24,26)/b20-12-. The molecular weight excluding hydrogens is 418 g/mol. The number of hydrogen-bond acceptors (Lipinski definition) is 7. The summed E-state index contributed by atoms with van der Waals surface area (Å²) in [5.41, 5.74) is 1.81. The number of methoxy groups -OCH3 is 1. The number of carbonyl (C=O) groups excluding carboxylic acids is 1. The van der Waals surface area contributed by atoms with Crippen LogP contribution in [0.5, 0.6) is 5.75 Å². The number of nitrogens with one attached hydrogen (secondary N) is 1. The van der Waals surface area contributed by atoms with Gasteiger partial charge in [-0.15, -0.1) is 0 Å². The van der Waals surface area contributed by atoms with Gasteiger partial charge in [0.05, 0.1) is 28.2 Å². The molecule has 0 aliphatic carbocycles. The summed E-state index contributed by atoms with van der Waals surface area (Å²) in [5.74, 6) is 1.19. The van der Waals surface area contributed by atoms with E-state index in [4.69, 9.17) is 9.15 Å². The molecular formula is C22H17N3O5S. The zero-order valence-corrected chi connectivity index (χ0v) is 17.4. The van der Waals surface area contributed by atoms with Gasteiger partial charge in [-0.2, -0.15) is 0 Å². The Kier molecular flexibility index (Phi) is 5.59. The largest absolute Gasteiger partial charge is 0.497 e. The number of nitro groups is 1. The second-order valence-electron chi connectivity index (χ2n) is 6.66. The summed E-state index contributed by atoms with van der Waals surface area (Å²) < 4.78 is 10.9. The average molecular weight is 435 g/mol. The zero-order chi connectivity index (χ0) is 22.0. The second kappa shape index (κ2) is 8.49. The third-order valence-electron chi connectivity index (χ3n) is 4.47. The third kappa shape index (κ3) is 4.51. The molecule has 1 aliphatic heterocycles. The first kappa shape index (κ1) is 20.4. The number of thioether (sulfide) groups is 1. The first-order valence-electron chi connectivity index (χ1n) is 9.22. The Labute approximate surface area is 181 Å². The van der Waals surface area contributed by atoms with Gasteiger partial charge in [-0.3, -0.25) is 14.9 Å². The molecule has 8 nitrogen and oxygen atoms in total. The minimum Gasteiger partial charge on any atom is -0.497 e. The van der Waals surface area contributed by atoms with E-state index in [1.54, 1.807) is 68.6 Å². The average Bonchev–Trinajstić information content (AvgIpc) is 3.35. The van der Waals surface area contributed by atoms with E-state index >= 15 is 0 Å². The van der Waals surface area contributed by atoms with Crippen LogP contribution in [0.4, 0.5) is 11.4 Å². The van der Waals surface area contributed by atoms with Crippen LogP contribution in [0.15, 0.2) is 68.9 Å². The molecule has 31 heavy (non-hydrogen) atoms. The summed E-state index contributed by atoms with van der Waals surface area (Å²) in [7, 11) is 1.59. The molecule has 1 aliphatic rings. The number of nitro benzene ring substituents is 1. The van der Waals surface area contributed by atoms with Gasteiger partial charge in [0.1, 0.15) is 17.3 Å². The Morgan fingerprint density at radius 3 is 2.65 bits per heavy atom. The van der Waals surface area contributed by atoms with Crippen LogP contribution < -0.4 is 10.1 Å². The number of amidine groups is 1. The number of benzene rings is 2. The van der Waals surface area contributed by atoms with Crippen LogP contribution >= 0.6 is 11.8 Å². The predicted octanol–water partition coefficient (Wildman–Crippen LogP) is 5.06. The molecule has 2 heterocycles. The fourth-order valence-electron chi connectivity index (χ4n) is 2.96. The van der Waals surface area contributed by atoms with E-state index in [2.05, 4.69) is 10.3 Å². The number of amides is 1. The number of ether oxygens (including phenoxy) is 1. The highest BCUT2D eigenvalue weighted by molar-refractivity contribution is 8.18. The van der Waals surface area contributed by atoms with E-state index in [0.29, 0.717) is 32.8 Å². The SMILES string of the molecule is COc1ccc(N=C2NC(=O)/C(=C/c3ccc(-c4ccc(C)cc4[N+](=O)[O-])o3)S2)cc1. The monoisotopic (exact) mass is 435 g/mol. The lowest BCUT2D eigenvalue weighted by Gasteiger charge is -2.01. The van der Waals surface area contributed by atoms with E-state index < -0.39 is 4.92 Å². The van der Waals surface area contributed by atoms with Crippen LogP contribution in [-0.4, -0.2) is 23.1 Å². The van der Waals surface area contributed by atoms with Gasteiger partial charge in [0, 0.05) is 12.1 Å². The van der Waals surface area contributed by atoms with Crippen molar-refractivity contribution in [3.05, 3.63) is 80.9 Å². The molecule has 0 spiro atoms. The van der Waals surface area contributed by atoms with E-state index in [1.165, 1.54) is 17.8 Å². The fraction of sp³-hybridized carbons (Fsp3) is 0.0909. The second-order valence-corrected chi connectivity index (χ2v) is 7.69. The quantitative estimate of drug-likeness (QED) is 0.341. The van der Waals surface area contributed by atoms with E-state index in [-0.39, 0.29) is 11.6 Å². The summed E-state index contributed by atoms with van der Waals surface area (Å²) in [5, 5.41) is 14.5. The molecule has 1 saturated heterocycles. The Hall–Kier alpha value is -3.85. The first-order valence-corrected chi connectivity index (χ1v) is 10.0. The number of aliphatic imine (C=N–C) groups is 1. The zero-order valence-electron chi connectivity index (χ0n) is 16.6. The highest BCUT2D eigenvalue weighted by atomic mass is 32.2. The molecule has 2 aromatic carbocycles. The van der Waals surface area contributed by atoms with Gasteiger partial charge in [0.2, 0.25) is 0 Å². The normalized spacial score (nSPS) is 16.0. The van der Waals surface area contributed by atoms with Crippen LogP contribution in [0, 0.1) is 17.0 Å². The Morgan fingerprint density at radius 1 is 1.16 bits per heavy atom. The molecule has 4 rings (SSSR count). The molecule has 3 aromatic rings. The van der Waals surface area contributed by atoms with Gasteiger partial charge < -0.3 is 14.5 Å². The fourth-order valence-corrected chi connectivity index (χ4v) is 3.78. The predicted molar refractivity (Wildman–Crippen MR) is 119 cm³/mol. The molecule has 156 valence electrons. The van der Waals surface area contributed by atoms with Crippen molar-refractivity contribution in [2.45, 2.75) is 6.92 Å². The summed E-state index contributed by atoms with van der Waals surface area (Å²) >= 11 is 1.18. The molecule has 1 aromatic heterocycles.